The van der Waals surface area contributed by atoms with Gasteiger partial charge in [-0.2, -0.15) is 5.10 Å². The number of aryl methyl sites for hydroxylation is 1. The maximum Gasteiger partial charge on any atom is 0.116 e. The Hall–Kier alpha value is -0.990. The lowest BCUT2D eigenvalue weighted by molar-refractivity contribution is 0.877. The molecule has 2 aromatic rings. The number of hydrogen-bond acceptors (Lipinski definition) is 1. The standard InChI is InChI=1S/C10H7Cl2N2/c1-7-5-13-14(6-7)10-3-2-8(11)4-9(10)12/h2-4,6H,1H3. The number of rotatable bonds is 1. The third-order valence-corrected chi connectivity index (χ3v) is 2.34. The third-order valence-electron chi connectivity index (χ3n) is 1.81. The monoisotopic (exact) mass is 225 g/mol. The Labute approximate surface area is 92.1 Å². The Morgan fingerprint density at radius 2 is 2.14 bits per heavy atom. The smallest absolute Gasteiger partial charge is 0.116 e. The van der Waals surface area contributed by atoms with E-state index in [1.807, 2.05) is 19.2 Å². The van der Waals surface area contributed by atoms with Crippen molar-refractivity contribution in [2.24, 2.45) is 0 Å². The predicted octanol–water partition coefficient (Wildman–Crippen LogP) is 3.29. The average molecular weight is 226 g/mol. The highest BCUT2D eigenvalue weighted by atomic mass is 35.5. The molecule has 0 unspecified atom stereocenters. The van der Waals surface area contributed by atoms with Gasteiger partial charge in [-0.05, 0) is 30.7 Å². The first kappa shape index (κ1) is 9.56. The highest BCUT2D eigenvalue weighted by molar-refractivity contribution is 6.35. The first-order valence-corrected chi connectivity index (χ1v) is 4.82. The highest BCUT2D eigenvalue weighted by Gasteiger charge is 2.04. The maximum absolute atomic E-state index is 6.01. The second-order valence-corrected chi connectivity index (χ2v) is 3.81. The van der Waals surface area contributed by atoms with Gasteiger partial charge in [-0.15, -0.1) is 0 Å². The molecule has 0 bridgehead atoms. The molecule has 0 N–H and O–H groups in total. The van der Waals surface area contributed by atoms with Crippen LogP contribution in [0.5, 0.6) is 0 Å². The van der Waals surface area contributed by atoms with Crippen LogP contribution in [0.4, 0.5) is 0 Å². The van der Waals surface area contributed by atoms with Crippen LogP contribution < -0.4 is 0 Å². The van der Waals surface area contributed by atoms with Crippen LogP contribution in [0.2, 0.25) is 10.0 Å². The molecule has 0 amide bonds. The van der Waals surface area contributed by atoms with Gasteiger partial charge in [0.25, 0.3) is 0 Å². The molecular formula is C10H7Cl2N2. The number of halogens is 2. The summed E-state index contributed by atoms with van der Waals surface area (Å²) >= 11 is 11.8. The lowest BCUT2D eigenvalue weighted by atomic mass is 10.3. The van der Waals surface area contributed by atoms with E-state index in [2.05, 4.69) is 11.3 Å². The molecule has 0 spiro atoms. The van der Waals surface area contributed by atoms with Crippen molar-refractivity contribution in [3.8, 4) is 5.69 Å². The van der Waals surface area contributed by atoms with E-state index in [0.29, 0.717) is 10.0 Å². The fourth-order valence-electron chi connectivity index (χ4n) is 1.16. The lowest BCUT2D eigenvalue weighted by Gasteiger charge is -2.03. The Morgan fingerprint density at radius 1 is 1.36 bits per heavy atom. The van der Waals surface area contributed by atoms with Gasteiger partial charge in [0.05, 0.1) is 10.7 Å². The summed E-state index contributed by atoms with van der Waals surface area (Å²) < 4.78 is 1.67. The maximum atomic E-state index is 6.01. The van der Waals surface area contributed by atoms with E-state index < -0.39 is 0 Å². The van der Waals surface area contributed by atoms with E-state index >= 15 is 0 Å². The number of hydrogen-bond donors (Lipinski definition) is 0. The average Bonchev–Trinajstić information content (AvgIpc) is 2.51. The van der Waals surface area contributed by atoms with E-state index in [9.17, 15) is 0 Å². The first-order chi connectivity index (χ1) is 6.66. The quantitative estimate of drug-likeness (QED) is 0.729. The van der Waals surface area contributed by atoms with Gasteiger partial charge < -0.3 is 0 Å². The fraction of sp³-hybridized carbons (Fsp3) is 0.100. The molecule has 0 aliphatic heterocycles. The molecular weight excluding hydrogens is 219 g/mol. The summed E-state index contributed by atoms with van der Waals surface area (Å²) in [5.41, 5.74) is 1.77. The van der Waals surface area contributed by atoms with Crippen LogP contribution >= 0.6 is 23.2 Å². The normalized spacial score (nSPS) is 10.5. The molecule has 4 heteroatoms. The third kappa shape index (κ3) is 1.76. The van der Waals surface area contributed by atoms with E-state index in [0.717, 1.165) is 11.3 Å². The summed E-state index contributed by atoms with van der Waals surface area (Å²) in [6, 6.07) is 5.29. The van der Waals surface area contributed by atoms with Gasteiger partial charge >= 0.3 is 0 Å². The van der Waals surface area contributed by atoms with Gasteiger partial charge in [0.2, 0.25) is 0 Å². The fourth-order valence-corrected chi connectivity index (χ4v) is 1.66. The molecule has 0 fully saturated rings. The van der Waals surface area contributed by atoms with Crippen molar-refractivity contribution >= 4 is 23.2 Å². The predicted molar refractivity (Wildman–Crippen MR) is 57.2 cm³/mol. The van der Waals surface area contributed by atoms with Crippen LogP contribution in [0.15, 0.2) is 24.4 Å². The van der Waals surface area contributed by atoms with Crippen LogP contribution in [-0.2, 0) is 0 Å². The summed E-state index contributed by atoms with van der Waals surface area (Å²) in [6.07, 6.45) is 4.69. The molecule has 71 valence electrons. The Bertz CT molecular complexity index is 463. The molecule has 0 aliphatic rings. The molecule has 2 rings (SSSR count). The molecule has 2 nitrogen and oxygen atoms in total. The van der Waals surface area contributed by atoms with Gasteiger partial charge in [0, 0.05) is 11.2 Å². The molecule has 1 aromatic carbocycles. The van der Waals surface area contributed by atoms with Crippen molar-refractivity contribution in [1.82, 2.24) is 9.78 Å². The van der Waals surface area contributed by atoms with Crippen molar-refractivity contribution in [1.29, 1.82) is 0 Å². The number of aromatic nitrogens is 2. The summed E-state index contributed by atoms with van der Waals surface area (Å²) in [4.78, 5) is 0. The highest BCUT2D eigenvalue weighted by Crippen LogP contribution is 2.23. The van der Waals surface area contributed by atoms with Crippen LogP contribution in [0.3, 0.4) is 0 Å². The molecule has 1 heterocycles. The van der Waals surface area contributed by atoms with Crippen LogP contribution in [0.25, 0.3) is 5.69 Å². The summed E-state index contributed by atoms with van der Waals surface area (Å²) in [5, 5.41) is 5.24. The molecule has 1 radical (unpaired) electrons. The van der Waals surface area contributed by atoms with E-state index in [1.165, 1.54) is 0 Å². The zero-order valence-corrected chi connectivity index (χ0v) is 8.97. The Kier molecular flexibility index (Phi) is 2.48. The summed E-state index contributed by atoms with van der Waals surface area (Å²) in [6.45, 7) is 1.92. The summed E-state index contributed by atoms with van der Waals surface area (Å²) in [7, 11) is 0. The second kappa shape index (κ2) is 3.64. The van der Waals surface area contributed by atoms with Crippen molar-refractivity contribution in [2.75, 3.05) is 0 Å². The topological polar surface area (TPSA) is 17.8 Å². The van der Waals surface area contributed by atoms with Gasteiger partial charge in [-0.25, -0.2) is 4.68 Å². The molecule has 14 heavy (non-hydrogen) atoms. The van der Waals surface area contributed by atoms with Crippen molar-refractivity contribution in [3.05, 3.63) is 46.2 Å². The molecule has 0 saturated heterocycles. The molecule has 1 aromatic heterocycles. The van der Waals surface area contributed by atoms with E-state index in [1.54, 1.807) is 16.8 Å². The SMILES string of the molecule is Cc1[c]nn(-c2ccc(Cl)cc2Cl)c1. The van der Waals surface area contributed by atoms with E-state index in [-0.39, 0.29) is 0 Å². The second-order valence-electron chi connectivity index (χ2n) is 2.96. The summed E-state index contributed by atoms with van der Waals surface area (Å²) in [5.74, 6) is 0. The van der Waals surface area contributed by atoms with Gasteiger partial charge in [-0.1, -0.05) is 23.2 Å². The van der Waals surface area contributed by atoms with Crippen molar-refractivity contribution < 1.29 is 0 Å². The van der Waals surface area contributed by atoms with Gasteiger partial charge in [0.1, 0.15) is 6.20 Å². The minimum absolute atomic E-state index is 0.578. The Balaban J connectivity index is 2.52. The zero-order valence-electron chi connectivity index (χ0n) is 7.46. The zero-order chi connectivity index (χ0) is 10.1. The van der Waals surface area contributed by atoms with Gasteiger partial charge in [-0.3, -0.25) is 0 Å². The van der Waals surface area contributed by atoms with E-state index in [4.69, 9.17) is 23.2 Å². The van der Waals surface area contributed by atoms with Crippen molar-refractivity contribution in [2.45, 2.75) is 6.92 Å². The number of benzene rings is 1. The molecule has 0 atom stereocenters. The van der Waals surface area contributed by atoms with Crippen LogP contribution in [0, 0.1) is 13.1 Å². The Morgan fingerprint density at radius 3 is 2.71 bits per heavy atom. The minimum Gasteiger partial charge on any atom is -0.239 e. The van der Waals surface area contributed by atoms with Crippen LogP contribution in [0.1, 0.15) is 5.56 Å². The van der Waals surface area contributed by atoms with Gasteiger partial charge in [0.15, 0.2) is 0 Å². The first-order valence-electron chi connectivity index (χ1n) is 4.06. The largest absolute Gasteiger partial charge is 0.239 e. The lowest BCUT2D eigenvalue weighted by Crippen LogP contribution is -1.94. The van der Waals surface area contributed by atoms with Crippen molar-refractivity contribution in [3.63, 3.8) is 0 Å². The minimum atomic E-state index is 0.578. The molecule has 0 saturated carbocycles. The molecule has 0 aliphatic carbocycles. The number of nitrogens with zero attached hydrogens (tertiary/aromatic N) is 2. The van der Waals surface area contributed by atoms with Crippen LogP contribution in [-0.4, -0.2) is 9.78 Å².